The molecule has 1 amide bonds. The van der Waals surface area contributed by atoms with Gasteiger partial charge in [0, 0.05) is 13.1 Å². The van der Waals surface area contributed by atoms with E-state index < -0.39 is 29.2 Å². The summed E-state index contributed by atoms with van der Waals surface area (Å²) in [6.07, 6.45) is 1.64. The molecule has 9 heteroatoms. The fraction of sp³-hybridized carbons (Fsp3) is 0.579. The Kier molecular flexibility index (Phi) is 5.36. The van der Waals surface area contributed by atoms with Gasteiger partial charge in [-0.1, -0.05) is 11.6 Å². The lowest BCUT2D eigenvalue weighted by atomic mass is 9.99. The summed E-state index contributed by atoms with van der Waals surface area (Å²) in [5.74, 6) is -2.12. The number of anilines is 2. The number of nitrogens with one attached hydrogen (secondary N) is 1. The molecule has 2 fully saturated rings. The second kappa shape index (κ2) is 7.31. The molecule has 28 heavy (non-hydrogen) atoms. The van der Waals surface area contributed by atoms with Crippen molar-refractivity contribution in [2.45, 2.75) is 57.6 Å². The van der Waals surface area contributed by atoms with Gasteiger partial charge in [-0.15, -0.1) is 0 Å². The summed E-state index contributed by atoms with van der Waals surface area (Å²) in [6, 6.07) is -0.241. The van der Waals surface area contributed by atoms with Gasteiger partial charge < -0.3 is 25.8 Å². The maximum Gasteiger partial charge on any atom is 0.407 e. The highest BCUT2D eigenvalue weighted by atomic mass is 35.5. The molecule has 0 spiro atoms. The van der Waals surface area contributed by atoms with Crippen molar-refractivity contribution >= 4 is 35.0 Å². The van der Waals surface area contributed by atoms with Crippen molar-refractivity contribution in [3.8, 4) is 0 Å². The molecule has 1 aliphatic heterocycles. The van der Waals surface area contributed by atoms with Crippen molar-refractivity contribution in [1.29, 1.82) is 0 Å². The molecule has 4 N–H and O–H groups in total. The molecule has 3 rings (SSSR count). The van der Waals surface area contributed by atoms with Crippen LogP contribution in [0.15, 0.2) is 0 Å². The van der Waals surface area contributed by atoms with Gasteiger partial charge in [0.25, 0.3) is 0 Å². The number of benzene rings is 1. The van der Waals surface area contributed by atoms with Crippen LogP contribution in [0.5, 0.6) is 0 Å². The number of carboxylic acids is 1. The molecule has 0 radical (unpaired) electrons. The van der Waals surface area contributed by atoms with Crippen LogP contribution in [0.2, 0.25) is 5.02 Å². The predicted molar refractivity (Wildman–Crippen MR) is 105 cm³/mol. The minimum atomic E-state index is -1.28. The van der Waals surface area contributed by atoms with Crippen LogP contribution >= 0.6 is 11.6 Å². The number of ether oxygens (including phenoxy) is 1. The monoisotopic (exact) mass is 413 g/mol. The smallest absolute Gasteiger partial charge is 0.407 e. The fourth-order valence-corrected chi connectivity index (χ4v) is 3.99. The molecule has 154 valence electrons. The predicted octanol–water partition coefficient (Wildman–Crippen LogP) is 3.74. The summed E-state index contributed by atoms with van der Waals surface area (Å²) in [5, 5.41) is 12.4. The number of nitrogen functional groups attached to an aromatic ring is 1. The van der Waals surface area contributed by atoms with Crippen LogP contribution in [0.3, 0.4) is 0 Å². The first-order valence-corrected chi connectivity index (χ1v) is 9.65. The molecular weight excluding hydrogens is 389 g/mol. The average Bonchev–Trinajstić information content (AvgIpc) is 3.29. The Morgan fingerprint density at radius 1 is 1.32 bits per heavy atom. The zero-order chi connectivity index (χ0) is 20.8. The Balaban J connectivity index is 1.85. The number of aromatic carboxylic acids is 1. The number of carbonyl (C=O) groups excluding carboxylic acids is 1. The molecule has 1 aromatic carbocycles. The SMILES string of the molecule is CC(C)(C)OC(=O)N[C@H]1CCN(c2c(F)c(N)c(C(=O)O)c(C3CC3)c2Cl)C1. The first kappa shape index (κ1) is 20.5. The highest BCUT2D eigenvalue weighted by Gasteiger charge is 2.38. The molecule has 0 bridgehead atoms. The van der Waals surface area contributed by atoms with E-state index in [1.807, 2.05) is 0 Å². The lowest BCUT2D eigenvalue weighted by Crippen LogP contribution is -2.40. The summed E-state index contributed by atoms with van der Waals surface area (Å²) in [5.41, 5.74) is 5.12. The molecular formula is C19H25ClFN3O4. The third-order valence-electron chi connectivity index (χ3n) is 4.85. The molecule has 0 unspecified atom stereocenters. The Labute approximate surface area is 168 Å². The number of carboxylic acid groups (broad SMARTS) is 1. The number of halogens is 2. The van der Waals surface area contributed by atoms with Gasteiger partial charge in [-0.3, -0.25) is 0 Å². The van der Waals surface area contributed by atoms with Gasteiger partial charge >= 0.3 is 12.1 Å². The zero-order valence-electron chi connectivity index (χ0n) is 16.1. The summed E-state index contributed by atoms with van der Waals surface area (Å²) in [7, 11) is 0. The van der Waals surface area contributed by atoms with Crippen molar-refractivity contribution < 1.29 is 23.8 Å². The van der Waals surface area contributed by atoms with Gasteiger partial charge in [0.05, 0.1) is 28.0 Å². The zero-order valence-corrected chi connectivity index (χ0v) is 16.9. The molecule has 2 aliphatic rings. The Morgan fingerprint density at radius 2 is 1.96 bits per heavy atom. The summed E-state index contributed by atoms with van der Waals surface area (Å²) in [6.45, 7) is 6.09. The number of nitrogens with two attached hydrogens (primary N) is 1. The Bertz CT molecular complexity index is 821. The second-order valence-electron chi connectivity index (χ2n) is 8.34. The van der Waals surface area contributed by atoms with Crippen molar-refractivity contribution in [3.05, 3.63) is 22.0 Å². The van der Waals surface area contributed by atoms with E-state index in [-0.39, 0.29) is 28.2 Å². The maximum atomic E-state index is 15.0. The number of carbonyl (C=O) groups is 2. The van der Waals surface area contributed by atoms with Gasteiger partial charge in [0.2, 0.25) is 0 Å². The van der Waals surface area contributed by atoms with Gasteiger partial charge in [-0.05, 0) is 51.5 Å². The highest BCUT2D eigenvalue weighted by molar-refractivity contribution is 6.35. The van der Waals surface area contributed by atoms with E-state index in [0.29, 0.717) is 25.1 Å². The van der Waals surface area contributed by atoms with Gasteiger partial charge in [0.15, 0.2) is 5.82 Å². The van der Waals surface area contributed by atoms with Gasteiger partial charge in [-0.25, -0.2) is 14.0 Å². The molecule has 1 atom stereocenters. The lowest BCUT2D eigenvalue weighted by molar-refractivity contribution is 0.0508. The number of rotatable bonds is 4. The standard InChI is InChI=1S/C19H25ClFN3O4/c1-19(2,3)28-18(27)23-10-6-7-24(8-10)16-13(20)11(9-4-5-9)12(17(25)26)15(22)14(16)21/h9-10H,4-8,22H2,1-3H3,(H,23,27)(H,25,26)/t10-/m0/s1. The van der Waals surface area contributed by atoms with Crippen molar-refractivity contribution in [2.75, 3.05) is 23.7 Å². The first-order chi connectivity index (χ1) is 13.0. The van der Waals surface area contributed by atoms with E-state index in [1.54, 1.807) is 25.7 Å². The summed E-state index contributed by atoms with van der Waals surface area (Å²) in [4.78, 5) is 25.3. The van der Waals surface area contributed by atoms with E-state index in [4.69, 9.17) is 22.1 Å². The topological polar surface area (TPSA) is 105 Å². The minimum absolute atomic E-state index is 0.0152. The van der Waals surface area contributed by atoms with Crippen LogP contribution in [0.4, 0.5) is 20.6 Å². The van der Waals surface area contributed by atoms with Crippen LogP contribution in [-0.2, 0) is 4.74 Å². The second-order valence-corrected chi connectivity index (χ2v) is 8.71. The lowest BCUT2D eigenvalue weighted by Gasteiger charge is -2.25. The molecule has 1 aromatic rings. The summed E-state index contributed by atoms with van der Waals surface area (Å²) < 4.78 is 20.2. The first-order valence-electron chi connectivity index (χ1n) is 9.27. The molecule has 1 saturated carbocycles. The normalized spacial score (nSPS) is 19.6. The molecule has 1 heterocycles. The van der Waals surface area contributed by atoms with E-state index >= 15 is 0 Å². The van der Waals surface area contributed by atoms with Gasteiger partial charge in [-0.2, -0.15) is 0 Å². The molecule has 1 saturated heterocycles. The minimum Gasteiger partial charge on any atom is -0.478 e. The van der Waals surface area contributed by atoms with E-state index in [9.17, 15) is 19.1 Å². The van der Waals surface area contributed by atoms with Crippen molar-refractivity contribution in [2.24, 2.45) is 0 Å². The summed E-state index contributed by atoms with van der Waals surface area (Å²) >= 11 is 6.48. The quantitative estimate of drug-likeness (QED) is 0.649. The van der Waals surface area contributed by atoms with Crippen LogP contribution in [0.1, 0.15) is 61.9 Å². The number of alkyl carbamates (subject to hydrolysis) is 1. The van der Waals surface area contributed by atoms with E-state index in [2.05, 4.69) is 5.32 Å². The average molecular weight is 414 g/mol. The number of hydrogen-bond donors (Lipinski definition) is 3. The van der Waals surface area contributed by atoms with E-state index in [0.717, 1.165) is 12.8 Å². The Hall–Kier alpha value is -2.22. The van der Waals surface area contributed by atoms with Crippen LogP contribution in [0.25, 0.3) is 0 Å². The third kappa shape index (κ3) is 4.11. The van der Waals surface area contributed by atoms with Crippen LogP contribution < -0.4 is 16.0 Å². The highest BCUT2D eigenvalue weighted by Crippen LogP contribution is 2.50. The number of amides is 1. The van der Waals surface area contributed by atoms with Crippen molar-refractivity contribution in [1.82, 2.24) is 5.32 Å². The third-order valence-corrected chi connectivity index (χ3v) is 5.23. The number of hydrogen-bond acceptors (Lipinski definition) is 5. The largest absolute Gasteiger partial charge is 0.478 e. The van der Waals surface area contributed by atoms with Crippen LogP contribution in [0, 0.1) is 5.82 Å². The maximum absolute atomic E-state index is 15.0. The number of nitrogens with zero attached hydrogens (tertiary/aromatic N) is 1. The molecule has 0 aromatic heterocycles. The molecule has 7 nitrogen and oxygen atoms in total. The Morgan fingerprint density at radius 3 is 2.50 bits per heavy atom. The fourth-order valence-electron chi connectivity index (χ4n) is 3.53. The van der Waals surface area contributed by atoms with E-state index in [1.165, 1.54) is 0 Å². The van der Waals surface area contributed by atoms with Crippen molar-refractivity contribution in [3.63, 3.8) is 0 Å². The van der Waals surface area contributed by atoms with Gasteiger partial charge in [0.1, 0.15) is 5.60 Å². The molecule has 1 aliphatic carbocycles. The van der Waals surface area contributed by atoms with Crippen LogP contribution in [-0.4, -0.2) is 41.9 Å².